The maximum atomic E-state index is 12.0. The third kappa shape index (κ3) is 3.80. The standard InChI is InChI=1S/C14H23N3O3/c1-10(2)13(17-4-6-19-7-5-17)9-15-14(18)12-8-11(3)20-16-12/h8,10,13H,4-7,9H2,1-3H3,(H,15,18). The summed E-state index contributed by atoms with van der Waals surface area (Å²) in [5, 5.41) is 6.68. The van der Waals surface area contributed by atoms with Crippen LogP contribution in [0.2, 0.25) is 0 Å². The number of rotatable bonds is 5. The maximum absolute atomic E-state index is 12.0. The van der Waals surface area contributed by atoms with Crippen LogP contribution in [0.3, 0.4) is 0 Å². The third-order valence-corrected chi connectivity index (χ3v) is 3.62. The van der Waals surface area contributed by atoms with Crippen LogP contribution in [0.4, 0.5) is 0 Å². The summed E-state index contributed by atoms with van der Waals surface area (Å²) in [5.41, 5.74) is 0.340. The van der Waals surface area contributed by atoms with Crippen LogP contribution >= 0.6 is 0 Å². The van der Waals surface area contributed by atoms with E-state index in [1.54, 1.807) is 13.0 Å². The summed E-state index contributed by atoms with van der Waals surface area (Å²) < 4.78 is 10.3. The number of carbonyl (C=O) groups is 1. The van der Waals surface area contributed by atoms with Gasteiger partial charge in [-0.1, -0.05) is 19.0 Å². The molecule has 112 valence electrons. The number of carbonyl (C=O) groups excluding carboxylic acids is 1. The fourth-order valence-electron chi connectivity index (χ4n) is 2.46. The molecule has 6 nitrogen and oxygen atoms in total. The number of hydrogen-bond acceptors (Lipinski definition) is 5. The molecule has 1 N–H and O–H groups in total. The summed E-state index contributed by atoms with van der Waals surface area (Å²) in [6.07, 6.45) is 0. The molecule has 0 radical (unpaired) electrons. The predicted molar refractivity (Wildman–Crippen MR) is 74.6 cm³/mol. The van der Waals surface area contributed by atoms with E-state index in [9.17, 15) is 4.79 Å². The number of aryl methyl sites for hydroxylation is 1. The minimum atomic E-state index is -0.180. The Kier molecular flexibility index (Phi) is 5.14. The lowest BCUT2D eigenvalue weighted by molar-refractivity contribution is 0.00671. The summed E-state index contributed by atoms with van der Waals surface area (Å²) in [6, 6.07) is 1.96. The zero-order valence-corrected chi connectivity index (χ0v) is 12.4. The molecule has 0 bridgehead atoms. The van der Waals surface area contributed by atoms with Crippen molar-refractivity contribution in [2.45, 2.75) is 26.8 Å². The Morgan fingerprint density at radius 1 is 1.45 bits per heavy atom. The van der Waals surface area contributed by atoms with Crippen LogP contribution in [0.5, 0.6) is 0 Å². The van der Waals surface area contributed by atoms with Crippen molar-refractivity contribution in [3.63, 3.8) is 0 Å². The summed E-state index contributed by atoms with van der Waals surface area (Å²) in [7, 11) is 0. The highest BCUT2D eigenvalue weighted by molar-refractivity contribution is 5.92. The van der Waals surface area contributed by atoms with Crippen LogP contribution in [0.25, 0.3) is 0 Å². The van der Waals surface area contributed by atoms with Crippen molar-refractivity contribution >= 4 is 5.91 Å². The first-order chi connectivity index (χ1) is 9.58. The van der Waals surface area contributed by atoms with Gasteiger partial charge in [-0.15, -0.1) is 0 Å². The molecule has 2 rings (SSSR count). The number of amides is 1. The van der Waals surface area contributed by atoms with Gasteiger partial charge in [-0.2, -0.15) is 0 Å². The fourth-order valence-corrected chi connectivity index (χ4v) is 2.46. The monoisotopic (exact) mass is 281 g/mol. The van der Waals surface area contributed by atoms with Gasteiger partial charge in [0, 0.05) is 31.7 Å². The van der Waals surface area contributed by atoms with E-state index in [1.807, 2.05) is 0 Å². The molecule has 20 heavy (non-hydrogen) atoms. The fraction of sp³-hybridized carbons (Fsp3) is 0.714. The SMILES string of the molecule is Cc1cc(C(=O)NCC(C(C)C)N2CCOCC2)no1. The Labute approximate surface area is 119 Å². The zero-order valence-electron chi connectivity index (χ0n) is 12.4. The summed E-state index contributed by atoms with van der Waals surface area (Å²) in [6.45, 7) is 10.1. The molecule has 0 spiro atoms. The van der Waals surface area contributed by atoms with Gasteiger partial charge in [0.15, 0.2) is 5.69 Å². The van der Waals surface area contributed by atoms with Crippen LogP contribution < -0.4 is 5.32 Å². The molecule has 1 saturated heterocycles. The van der Waals surface area contributed by atoms with Gasteiger partial charge in [0.2, 0.25) is 0 Å². The van der Waals surface area contributed by atoms with Gasteiger partial charge in [-0.25, -0.2) is 0 Å². The van der Waals surface area contributed by atoms with Gasteiger partial charge in [0.1, 0.15) is 5.76 Å². The van der Waals surface area contributed by atoms with E-state index in [-0.39, 0.29) is 5.91 Å². The second-order valence-corrected chi connectivity index (χ2v) is 5.49. The van der Waals surface area contributed by atoms with E-state index in [2.05, 4.69) is 29.2 Å². The minimum absolute atomic E-state index is 0.180. The number of hydrogen-bond donors (Lipinski definition) is 1. The molecule has 1 fully saturated rings. The second kappa shape index (κ2) is 6.85. The van der Waals surface area contributed by atoms with Crippen molar-refractivity contribution in [1.82, 2.24) is 15.4 Å². The van der Waals surface area contributed by atoms with Crippen molar-refractivity contribution in [3.8, 4) is 0 Å². The number of nitrogens with zero attached hydrogens (tertiary/aromatic N) is 2. The lowest BCUT2D eigenvalue weighted by Crippen LogP contribution is -2.51. The van der Waals surface area contributed by atoms with Gasteiger partial charge in [-0.3, -0.25) is 9.69 Å². The third-order valence-electron chi connectivity index (χ3n) is 3.62. The van der Waals surface area contributed by atoms with Crippen LogP contribution in [0, 0.1) is 12.8 Å². The molecule has 1 atom stereocenters. The van der Waals surface area contributed by atoms with E-state index in [4.69, 9.17) is 9.26 Å². The van der Waals surface area contributed by atoms with Crippen LogP contribution in [0.15, 0.2) is 10.6 Å². The quantitative estimate of drug-likeness (QED) is 0.874. The van der Waals surface area contributed by atoms with E-state index in [0.717, 1.165) is 26.3 Å². The van der Waals surface area contributed by atoms with Gasteiger partial charge in [-0.05, 0) is 12.8 Å². The maximum Gasteiger partial charge on any atom is 0.273 e. The van der Waals surface area contributed by atoms with Gasteiger partial charge < -0.3 is 14.6 Å². The van der Waals surface area contributed by atoms with Crippen LogP contribution in [-0.4, -0.2) is 54.9 Å². The lowest BCUT2D eigenvalue weighted by Gasteiger charge is -2.36. The first-order valence-corrected chi connectivity index (χ1v) is 7.11. The van der Waals surface area contributed by atoms with E-state index in [0.29, 0.717) is 30.0 Å². The summed E-state index contributed by atoms with van der Waals surface area (Å²) >= 11 is 0. The number of aromatic nitrogens is 1. The molecule has 1 unspecified atom stereocenters. The summed E-state index contributed by atoms with van der Waals surface area (Å²) in [5.74, 6) is 0.928. The number of ether oxygens (including phenoxy) is 1. The highest BCUT2D eigenvalue weighted by atomic mass is 16.5. The Morgan fingerprint density at radius 2 is 2.15 bits per heavy atom. The van der Waals surface area contributed by atoms with Crippen molar-refractivity contribution in [3.05, 3.63) is 17.5 Å². The van der Waals surface area contributed by atoms with Crippen LogP contribution in [-0.2, 0) is 4.74 Å². The van der Waals surface area contributed by atoms with Crippen molar-refractivity contribution in [2.75, 3.05) is 32.8 Å². The Balaban J connectivity index is 1.90. The molecule has 0 saturated carbocycles. The highest BCUT2D eigenvalue weighted by Crippen LogP contribution is 2.12. The van der Waals surface area contributed by atoms with Crippen molar-refractivity contribution in [2.24, 2.45) is 5.92 Å². The number of morpholine rings is 1. The zero-order chi connectivity index (χ0) is 14.5. The van der Waals surface area contributed by atoms with Crippen molar-refractivity contribution in [1.29, 1.82) is 0 Å². The topological polar surface area (TPSA) is 67.6 Å². The van der Waals surface area contributed by atoms with Gasteiger partial charge in [0.25, 0.3) is 5.91 Å². The van der Waals surface area contributed by atoms with Crippen molar-refractivity contribution < 1.29 is 14.1 Å². The smallest absolute Gasteiger partial charge is 0.273 e. The molecule has 1 amide bonds. The molecular weight excluding hydrogens is 258 g/mol. The summed E-state index contributed by atoms with van der Waals surface area (Å²) in [4.78, 5) is 14.4. The number of nitrogens with one attached hydrogen (secondary N) is 1. The molecule has 1 aromatic rings. The van der Waals surface area contributed by atoms with E-state index < -0.39 is 0 Å². The van der Waals surface area contributed by atoms with E-state index in [1.165, 1.54) is 0 Å². The second-order valence-electron chi connectivity index (χ2n) is 5.49. The molecule has 2 heterocycles. The Morgan fingerprint density at radius 3 is 2.70 bits per heavy atom. The molecule has 0 aromatic carbocycles. The first-order valence-electron chi connectivity index (χ1n) is 7.11. The lowest BCUT2D eigenvalue weighted by atomic mass is 10.0. The predicted octanol–water partition coefficient (Wildman–Crippen LogP) is 1.07. The van der Waals surface area contributed by atoms with Crippen LogP contribution in [0.1, 0.15) is 30.1 Å². The molecule has 1 aliphatic rings. The minimum Gasteiger partial charge on any atom is -0.379 e. The molecular formula is C14H23N3O3. The largest absolute Gasteiger partial charge is 0.379 e. The molecule has 6 heteroatoms. The molecule has 0 aliphatic carbocycles. The molecule has 1 aromatic heterocycles. The van der Waals surface area contributed by atoms with Gasteiger partial charge in [0.05, 0.1) is 13.2 Å². The average Bonchev–Trinajstić information content (AvgIpc) is 2.86. The molecule has 1 aliphatic heterocycles. The Bertz CT molecular complexity index is 439. The Hall–Kier alpha value is -1.40. The normalized spacial score (nSPS) is 18.2. The van der Waals surface area contributed by atoms with Gasteiger partial charge >= 0.3 is 0 Å². The first kappa shape index (κ1) is 15.0. The van der Waals surface area contributed by atoms with E-state index >= 15 is 0 Å². The average molecular weight is 281 g/mol. The highest BCUT2D eigenvalue weighted by Gasteiger charge is 2.24.